The van der Waals surface area contributed by atoms with Gasteiger partial charge in [0.1, 0.15) is 6.10 Å². The maximum Gasteiger partial charge on any atom is 0.294 e. The van der Waals surface area contributed by atoms with Gasteiger partial charge in [0.05, 0.1) is 4.92 Å². The van der Waals surface area contributed by atoms with Crippen molar-refractivity contribution in [3.63, 3.8) is 0 Å². The Balaban J connectivity index is 1.58. The fourth-order valence-electron chi connectivity index (χ4n) is 9.16. The van der Waals surface area contributed by atoms with E-state index in [0.717, 1.165) is 24.3 Å². The molecule has 192 valence electrons. The molecule has 0 aromatic rings. The second kappa shape index (κ2) is 9.42. The van der Waals surface area contributed by atoms with E-state index in [1.54, 1.807) is 0 Å². The van der Waals surface area contributed by atoms with Crippen molar-refractivity contribution >= 4 is 0 Å². The smallest absolute Gasteiger partial charge is 0.294 e. The summed E-state index contributed by atoms with van der Waals surface area (Å²) in [7, 11) is 0. The van der Waals surface area contributed by atoms with Gasteiger partial charge >= 0.3 is 0 Å². The van der Waals surface area contributed by atoms with Crippen LogP contribution in [0.5, 0.6) is 0 Å². The fraction of sp³-hybridized carbons (Fsp3) is 0.926. The van der Waals surface area contributed by atoms with Crippen LogP contribution in [0, 0.1) is 66.6 Å². The standard InChI is InChI=1S/C27H44N2O5/c1-17(2)7-6-8-18(3)21-9-10-22-20-16-25(28(30)31)24-15-19(34-29(32)33)11-13-27(24,5)23(20)12-14-26(21,22)4/h17-23H,6-16H2,1-5H3. The van der Waals surface area contributed by atoms with Crippen LogP contribution in [0.1, 0.15) is 105 Å². The van der Waals surface area contributed by atoms with Gasteiger partial charge in [0.2, 0.25) is 5.70 Å². The molecule has 3 fully saturated rings. The lowest BCUT2D eigenvalue weighted by molar-refractivity contribution is -0.769. The first-order valence-corrected chi connectivity index (χ1v) is 13.7. The van der Waals surface area contributed by atoms with Crippen LogP contribution >= 0.6 is 0 Å². The molecule has 7 heteroatoms. The quantitative estimate of drug-likeness (QED) is 0.272. The predicted molar refractivity (Wildman–Crippen MR) is 131 cm³/mol. The van der Waals surface area contributed by atoms with Crippen molar-refractivity contribution in [3.05, 3.63) is 31.5 Å². The first-order chi connectivity index (χ1) is 16.0. The summed E-state index contributed by atoms with van der Waals surface area (Å²) < 4.78 is 0. The van der Waals surface area contributed by atoms with Gasteiger partial charge in [0, 0.05) is 18.4 Å². The van der Waals surface area contributed by atoms with Gasteiger partial charge in [-0.2, -0.15) is 0 Å². The average molecular weight is 477 g/mol. The van der Waals surface area contributed by atoms with E-state index in [1.165, 1.54) is 38.5 Å². The third kappa shape index (κ3) is 4.37. The van der Waals surface area contributed by atoms with E-state index < -0.39 is 11.2 Å². The topological polar surface area (TPSA) is 95.5 Å². The van der Waals surface area contributed by atoms with E-state index in [2.05, 4.69) is 34.6 Å². The molecule has 4 aliphatic rings. The Morgan fingerprint density at radius 3 is 2.35 bits per heavy atom. The number of hydrogen-bond donors (Lipinski definition) is 0. The Labute approximate surface area is 204 Å². The summed E-state index contributed by atoms with van der Waals surface area (Å²) in [5, 5.41) is 22.4. The van der Waals surface area contributed by atoms with E-state index >= 15 is 0 Å². The van der Waals surface area contributed by atoms with Gasteiger partial charge in [-0.25, -0.2) is 0 Å². The molecule has 7 nitrogen and oxygen atoms in total. The molecule has 0 heterocycles. The van der Waals surface area contributed by atoms with E-state index in [4.69, 9.17) is 4.84 Å². The van der Waals surface area contributed by atoms with Gasteiger partial charge in [0.15, 0.2) is 0 Å². The normalized spacial score (nSPS) is 40.4. The van der Waals surface area contributed by atoms with Crippen LogP contribution < -0.4 is 0 Å². The second-order valence-electron chi connectivity index (χ2n) is 12.9. The van der Waals surface area contributed by atoms with Crippen molar-refractivity contribution in [1.29, 1.82) is 0 Å². The third-order valence-corrected chi connectivity index (χ3v) is 10.8. The number of nitrogens with zero attached hydrogens (tertiary/aromatic N) is 2. The molecule has 0 N–H and O–H groups in total. The lowest BCUT2D eigenvalue weighted by Crippen LogP contribution is -2.52. The van der Waals surface area contributed by atoms with Crippen LogP contribution in [0.25, 0.3) is 0 Å². The van der Waals surface area contributed by atoms with Crippen LogP contribution in [0.2, 0.25) is 0 Å². The van der Waals surface area contributed by atoms with E-state index in [1.807, 2.05) is 0 Å². The fourth-order valence-corrected chi connectivity index (χ4v) is 9.16. The van der Waals surface area contributed by atoms with Crippen LogP contribution in [-0.4, -0.2) is 16.1 Å². The highest BCUT2D eigenvalue weighted by Gasteiger charge is 2.61. The molecule has 0 saturated heterocycles. The molecule has 0 aliphatic heterocycles. The van der Waals surface area contributed by atoms with E-state index in [-0.39, 0.29) is 15.8 Å². The van der Waals surface area contributed by atoms with Crippen molar-refractivity contribution < 1.29 is 14.8 Å². The molecule has 8 unspecified atom stereocenters. The molecule has 3 saturated carbocycles. The summed E-state index contributed by atoms with van der Waals surface area (Å²) in [6, 6.07) is 0. The molecular weight excluding hydrogens is 432 g/mol. The maximum absolute atomic E-state index is 12.2. The predicted octanol–water partition coefficient (Wildman–Crippen LogP) is 7.21. The number of hydrogen-bond acceptors (Lipinski definition) is 5. The maximum atomic E-state index is 12.2. The summed E-state index contributed by atoms with van der Waals surface area (Å²) in [5.41, 5.74) is 1.24. The number of nitro groups is 1. The van der Waals surface area contributed by atoms with Crippen LogP contribution in [0.3, 0.4) is 0 Å². The SMILES string of the molecule is CC(C)CCCC(C)C1CCC2C3CC([N+](=O)[O-])=C4CC(O[N+](=O)[O-])CCC4(C)C3CCC12C. The molecule has 8 atom stereocenters. The second-order valence-corrected chi connectivity index (χ2v) is 12.9. The molecule has 0 aromatic carbocycles. The number of fused-ring (bicyclic) bond motifs is 5. The van der Waals surface area contributed by atoms with Gasteiger partial charge in [-0.1, -0.05) is 53.9 Å². The van der Waals surface area contributed by atoms with Crippen molar-refractivity contribution in [2.75, 3.05) is 0 Å². The zero-order valence-electron chi connectivity index (χ0n) is 21.8. The van der Waals surface area contributed by atoms with Crippen molar-refractivity contribution in [3.8, 4) is 0 Å². The van der Waals surface area contributed by atoms with Gasteiger partial charge in [-0.3, -0.25) is 10.1 Å². The molecule has 4 rings (SSSR count). The molecule has 0 radical (unpaired) electrons. The Morgan fingerprint density at radius 2 is 1.71 bits per heavy atom. The van der Waals surface area contributed by atoms with Crippen LogP contribution in [0.15, 0.2) is 11.3 Å². The minimum Gasteiger partial charge on any atom is -0.310 e. The third-order valence-electron chi connectivity index (χ3n) is 10.8. The lowest BCUT2D eigenvalue weighted by atomic mass is 9.46. The number of allylic oxidation sites excluding steroid dienone is 1. The zero-order chi connectivity index (χ0) is 24.8. The Kier molecular flexibility index (Phi) is 7.05. The summed E-state index contributed by atoms with van der Waals surface area (Å²) in [4.78, 5) is 27.9. The van der Waals surface area contributed by atoms with Crippen LogP contribution in [0.4, 0.5) is 0 Å². The van der Waals surface area contributed by atoms with Crippen molar-refractivity contribution in [2.45, 2.75) is 111 Å². The Morgan fingerprint density at radius 1 is 0.971 bits per heavy atom. The monoisotopic (exact) mass is 476 g/mol. The Bertz CT molecular complexity index is 841. The minimum absolute atomic E-state index is 0.175. The largest absolute Gasteiger partial charge is 0.310 e. The summed E-state index contributed by atoms with van der Waals surface area (Å²) in [5.74, 6) is 3.52. The molecule has 0 spiro atoms. The van der Waals surface area contributed by atoms with E-state index in [0.29, 0.717) is 54.5 Å². The molecule has 0 amide bonds. The molecule has 0 aromatic heterocycles. The number of rotatable bonds is 8. The molecule has 0 bridgehead atoms. The van der Waals surface area contributed by atoms with Gasteiger partial charge in [-0.05, 0) is 84.9 Å². The van der Waals surface area contributed by atoms with Gasteiger partial charge in [0.25, 0.3) is 5.09 Å². The summed E-state index contributed by atoms with van der Waals surface area (Å²) >= 11 is 0. The van der Waals surface area contributed by atoms with Crippen molar-refractivity contribution in [1.82, 2.24) is 0 Å². The zero-order valence-corrected chi connectivity index (χ0v) is 21.8. The molecular formula is C27H44N2O5. The summed E-state index contributed by atoms with van der Waals surface area (Å²) in [6.07, 6.45) is 10.3. The highest BCUT2D eigenvalue weighted by atomic mass is 17.0. The van der Waals surface area contributed by atoms with Gasteiger partial charge in [-0.15, -0.1) is 10.1 Å². The van der Waals surface area contributed by atoms with E-state index in [9.17, 15) is 20.2 Å². The molecule has 4 aliphatic carbocycles. The summed E-state index contributed by atoms with van der Waals surface area (Å²) in [6.45, 7) is 11.8. The first-order valence-electron chi connectivity index (χ1n) is 13.7. The average Bonchev–Trinajstić information content (AvgIpc) is 3.10. The Hall–Kier alpha value is -1.66. The van der Waals surface area contributed by atoms with Gasteiger partial charge < -0.3 is 4.84 Å². The highest BCUT2D eigenvalue weighted by Crippen LogP contribution is 2.68. The highest BCUT2D eigenvalue weighted by molar-refractivity contribution is 5.28. The van der Waals surface area contributed by atoms with Crippen LogP contribution in [-0.2, 0) is 4.84 Å². The van der Waals surface area contributed by atoms with Crippen molar-refractivity contribution in [2.24, 2.45) is 46.3 Å². The minimum atomic E-state index is -0.738. The molecule has 34 heavy (non-hydrogen) atoms. The first kappa shape index (κ1) is 25.4. The lowest BCUT2D eigenvalue weighted by Gasteiger charge is -2.58.